The van der Waals surface area contributed by atoms with Crippen molar-refractivity contribution in [1.82, 2.24) is 0 Å². The first-order valence-corrected chi connectivity index (χ1v) is 4.50. The van der Waals surface area contributed by atoms with Crippen LogP contribution in [0.25, 0.3) is 0 Å². The Balaban J connectivity index is -0.00000000500. The fraction of sp³-hybridized carbons (Fsp3) is 0. The molecule has 0 aliphatic rings. The SMILES string of the molecule is [Cd].[S]=[Zn].[TeH2]. The van der Waals surface area contributed by atoms with E-state index in [1.54, 1.807) is 0 Å². The Kier molecular flexibility index (Phi) is 70.6. The Hall–Kier alpha value is 2.56. The van der Waals surface area contributed by atoms with Gasteiger partial charge in [-0.05, 0) is 0 Å². The van der Waals surface area contributed by atoms with Crippen molar-refractivity contribution in [3.8, 4) is 0 Å². The number of hydrogen-bond acceptors (Lipinski definition) is 1. The van der Waals surface area contributed by atoms with E-state index in [2.05, 4.69) is 10.1 Å². The minimum atomic E-state index is 0. The van der Waals surface area contributed by atoms with Crippen molar-refractivity contribution < 1.29 is 43.9 Å². The van der Waals surface area contributed by atoms with Gasteiger partial charge in [-0.3, -0.25) is 0 Å². The van der Waals surface area contributed by atoms with E-state index in [1.807, 2.05) is 0 Å². The third-order valence-electron chi connectivity index (χ3n) is 0. The molecule has 0 radical (unpaired) electrons. The molecule has 0 heterocycles. The first kappa shape index (κ1) is 16.0. The van der Waals surface area contributed by atoms with Crippen LogP contribution in [0.5, 0.6) is 0 Å². The minimum absolute atomic E-state index is 0. The van der Waals surface area contributed by atoms with E-state index >= 15 is 0 Å². The van der Waals surface area contributed by atoms with E-state index in [0.29, 0.717) is 0 Å². The monoisotopic (exact) mass is 342 g/mol. The van der Waals surface area contributed by atoms with E-state index in [-0.39, 0.29) is 51.0 Å². The van der Waals surface area contributed by atoms with E-state index in [9.17, 15) is 0 Å². The van der Waals surface area contributed by atoms with Gasteiger partial charge < -0.3 is 0 Å². The Labute approximate surface area is 76.3 Å². The van der Waals surface area contributed by atoms with Crippen molar-refractivity contribution in [3.63, 3.8) is 0 Å². The van der Waals surface area contributed by atoms with E-state index in [0.717, 1.165) is 16.6 Å². The van der Waals surface area contributed by atoms with Crippen LogP contribution in [0, 0.1) is 0 Å². The van der Waals surface area contributed by atoms with Gasteiger partial charge in [0.25, 0.3) is 0 Å². The topological polar surface area (TPSA) is 0 Å². The van der Waals surface area contributed by atoms with Crippen LogP contribution in [0.1, 0.15) is 0 Å². The second-order valence-corrected chi connectivity index (χ2v) is 0. The van der Waals surface area contributed by atoms with Gasteiger partial charge >= 0.3 is 50.3 Å². The van der Waals surface area contributed by atoms with Gasteiger partial charge in [-0.25, -0.2) is 0 Å². The molecule has 4 heavy (non-hydrogen) atoms. The molecule has 4 heteroatoms. The second kappa shape index (κ2) is 17.7. The van der Waals surface area contributed by atoms with Gasteiger partial charge in [0.05, 0.1) is 0 Å². The van der Waals surface area contributed by atoms with Gasteiger partial charge in [-0.1, -0.05) is 0 Å². The molecular formula is H2CdSTeZn. The van der Waals surface area contributed by atoms with Gasteiger partial charge in [0.15, 0.2) is 0 Å². The van der Waals surface area contributed by atoms with Crippen molar-refractivity contribution in [2.24, 2.45) is 0 Å². The molecule has 0 aromatic carbocycles. The molecule has 0 fully saturated rings. The molecule has 0 saturated heterocycles. The number of rotatable bonds is 0. The van der Waals surface area contributed by atoms with E-state index < -0.39 is 0 Å². The summed E-state index contributed by atoms with van der Waals surface area (Å²) in [6.07, 6.45) is 0. The van der Waals surface area contributed by atoms with Crippen molar-refractivity contribution in [1.29, 1.82) is 0 Å². The van der Waals surface area contributed by atoms with Crippen molar-refractivity contribution in [3.05, 3.63) is 0 Å². The van der Waals surface area contributed by atoms with Crippen LogP contribution in [0.2, 0.25) is 0 Å². The molecule has 0 aliphatic heterocycles. The molecule has 0 nitrogen and oxygen atoms in total. The average Bonchev–Trinajstić information content (AvgIpc) is 1.00. The van der Waals surface area contributed by atoms with Gasteiger partial charge in [0.1, 0.15) is 0 Å². The molecule has 0 saturated carbocycles. The summed E-state index contributed by atoms with van der Waals surface area (Å²) >= 11 is 0.958. The quantitative estimate of drug-likeness (QED) is 0.548. The molecule has 0 aromatic rings. The zero-order chi connectivity index (χ0) is 2.00. The van der Waals surface area contributed by atoms with E-state index in [4.69, 9.17) is 0 Å². The third kappa shape index (κ3) is 8.82. The summed E-state index contributed by atoms with van der Waals surface area (Å²) in [6, 6.07) is 0. The summed E-state index contributed by atoms with van der Waals surface area (Å²) in [6.45, 7) is 0. The normalized spacial score (nSPS) is 1.50. The fourth-order valence-corrected chi connectivity index (χ4v) is 0. The molecule has 18 valence electrons. The Bertz CT molecular complexity index is 8.00. The molecule has 0 spiro atoms. The van der Waals surface area contributed by atoms with Crippen LogP contribution in [0.3, 0.4) is 0 Å². The zero-order valence-corrected chi connectivity index (χ0v) is 13.0. The second-order valence-electron chi connectivity index (χ2n) is 0. The molecule has 0 atom stereocenters. The Morgan fingerprint density at radius 2 is 1.25 bits per heavy atom. The van der Waals surface area contributed by atoms with E-state index in [1.165, 1.54) is 0 Å². The predicted octanol–water partition coefficient (Wildman–Crippen LogP) is -0.273. The van der Waals surface area contributed by atoms with Crippen molar-refractivity contribution >= 4 is 33.8 Å². The standard InChI is InChI=1S/Cd.S.H2Te.Zn/h;;1H2;. The summed E-state index contributed by atoms with van der Waals surface area (Å²) in [5, 5.41) is 0. The van der Waals surface area contributed by atoms with Crippen LogP contribution in [0.15, 0.2) is 0 Å². The summed E-state index contributed by atoms with van der Waals surface area (Å²) in [7, 11) is 4.21. The van der Waals surface area contributed by atoms with Crippen LogP contribution >= 0.6 is 10.1 Å². The van der Waals surface area contributed by atoms with Gasteiger partial charge in [-0.15, -0.1) is 0 Å². The third-order valence-corrected chi connectivity index (χ3v) is 0. The summed E-state index contributed by atoms with van der Waals surface area (Å²) in [4.78, 5) is 0. The zero-order valence-electron chi connectivity index (χ0n) is 2.32. The number of hydrogen-bond donors (Lipinski definition) is 0. The maximum absolute atomic E-state index is 4.21. The molecule has 0 rings (SSSR count). The fourth-order valence-electron chi connectivity index (χ4n) is 0. The average molecular weight is 339 g/mol. The van der Waals surface area contributed by atoms with Gasteiger partial charge in [0, 0.05) is 27.3 Å². The Morgan fingerprint density at radius 1 is 1.25 bits per heavy atom. The molecular weight excluding hydrogens is 337 g/mol. The van der Waals surface area contributed by atoms with Crippen molar-refractivity contribution in [2.45, 2.75) is 0 Å². The summed E-state index contributed by atoms with van der Waals surface area (Å²) < 4.78 is 0. The predicted molar refractivity (Wildman–Crippen MR) is 16.1 cm³/mol. The Morgan fingerprint density at radius 3 is 1.25 bits per heavy atom. The summed E-state index contributed by atoms with van der Waals surface area (Å²) in [5.41, 5.74) is 0. The van der Waals surface area contributed by atoms with Crippen molar-refractivity contribution in [2.75, 3.05) is 0 Å². The molecule has 0 bridgehead atoms. The van der Waals surface area contributed by atoms with Gasteiger partial charge in [-0.2, -0.15) is 0 Å². The molecule has 0 amide bonds. The summed E-state index contributed by atoms with van der Waals surface area (Å²) in [5.74, 6) is 0. The molecule has 0 aliphatic carbocycles. The van der Waals surface area contributed by atoms with Crippen LogP contribution in [-0.2, 0) is 43.9 Å². The molecule has 0 aromatic heterocycles. The van der Waals surface area contributed by atoms with Crippen LogP contribution < -0.4 is 0 Å². The molecule has 0 unspecified atom stereocenters. The molecule has 0 N–H and O–H groups in total. The van der Waals surface area contributed by atoms with Gasteiger partial charge in [0.2, 0.25) is 0 Å². The first-order valence-electron chi connectivity index (χ1n) is 0.289. The maximum atomic E-state index is 4.21. The first-order chi connectivity index (χ1) is 1.00. The van der Waals surface area contributed by atoms with Crippen LogP contribution in [0.4, 0.5) is 0 Å². The van der Waals surface area contributed by atoms with Crippen LogP contribution in [-0.4, -0.2) is 23.7 Å².